The SMILES string of the molecule is Cc1nc2c(c(N3CCC3)n1)[C@@H](C)N(C(=O)[C@@H]1CCN(c3cnc(C)c(Cl)c3)C1)C2. The Labute approximate surface area is 182 Å². The predicted molar refractivity (Wildman–Crippen MR) is 117 cm³/mol. The first kappa shape index (κ1) is 19.5. The molecule has 3 aliphatic heterocycles. The Morgan fingerprint density at radius 2 is 1.97 bits per heavy atom. The Kier molecular flexibility index (Phi) is 4.81. The van der Waals surface area contributed by atoms with E-state index in [0.29, 0.717) is 18.1 Å². The van der Waals surface area contributed by atoms with Crippen molar-refractivity contribution >= 4 is 29.0 Å². The number of hydrogen-bond acceptors (Lipinski definition) is 6. The molecular formula is C22H27ClN6O. The van der Waals surface area contributed by atoms with Gasteiger partial charge in [-0.05, 0) is 39.7 Å². The molecule has 0 radical (unpaired) electrons. The van der Waals surface area contributed by atoms with Crippen LogP contribution in [0.5, 0.6) is 0 Å². The number of pyridine rings is 1. The van der Waals surface area contributed by atoms with E-state index < -0.39 is 0 Å². The van der Waals surface area contributed by atoms with Crippen molar-refractivity contribution in [2.24, 2.45) is 5.92 Å². The van der Waals surface area contributed by atoms with Gasteiger partial charge in [0.25, 0.3) is 0 Å². The molecule has 0 aromatic carbocycles. The summed E-state index contributed by atoms with van der Waals surface area (Å²) in [4.78, 5) is 33.8. The molecule has 0 saturated carbocycles. The lowest BCUT2D eigenvalue weighted by atomic mass is 10.1. The van der Waals surface area contributed by atoms with Crippen molar-refractivity contribution in [3.8, 4) is 0 Å². The van der Waals surface area contributed by atoms with Gasteiger partial charge in [-0.3, -0.25) is 9.78 Å². The minimum absolute atomic E-state index is 0.00763. The number of hydrogen-bond donors (Lipinski definition) is 0. The Hall–Kier alpha value is -2.41. The standard InChI is InChI=1S/C22H27ClN6O/c1-13-18(23)9-17(10-24-13)28-8-5-16(11-28)22(30)29-12-19-20(14(29)2)21(26-15(3)25-19)27-6-4-7-27/h9-10,14,16H,4-8,11-12H2,1-3H3/t14-,16-/m1/s1. The number of halogens is 1. The van der Waals surface area contributed by atoms with E-state index in [4.69, 9.17) is 16.6 Å². The third-order valence-corrected chi connectivity index (χ3v) is 7.06. The molecule has 7 nitrogen and oxygen atoms in total. The Bertz CT molecular complexity index is 1010. The second-order valence-corrected chi connectivity index (χ2v) is 9.04. The molecule has 2 aromatic rings. The zero-order valence-corrected chi connectivity index (χ0v) is 18.5. The van der Waals surface area contributed by atoms with Gasteiger partial charge in [0, 0.05) is 31.7 Å². The fourth-order valence-corrected chi connectivity index (χ4v) is 4.92. The minimum atomic E-state index is -0.0247. The second-order valence-electron chi connectivity index (χ2n) is 8.63. The van der Waals surface area contributed by atoms with E-state index in [2.05, 4.69) is 26.7 Å². The molecule has 30 heavy (non-hydrogen) atoms. The van der Waals surface area contributed by atoms with Crippen LogP contribution in [0.1, 0.15) is 48.6 Å². The van der Waals surface area contributed by atoms with Crippen molar-refractivity contribution in [3.05, 3.63) is 40.1 Å². The Balaban J connectivity index is 1.34. The van der Waals surface area contributed by atoms with E-state index in [1.807, 2.05) is 31.0 Å². The van der Waals surface area contributed by atoms with Gasteiger partial charge in [-0.25, -0.2) is 9.97 Å². The molecule has 1 amide bonds. The maximum absolute atomic E-state index is 13.5. The zero-order chi connectivity index (χ0) is 21.0. The summed E-state index contributed by atoms with van der Waals surface area (Å²) in [6.07, 6.45) is 3.89. The molecule has 5 heterocycles. The molecule has 0 bridgehead atoms. The van der Waals surface area contributed by atoms with Crippen LogP contribution in [0.2, 0.25) is 5.02 Å². The summed E-state index contributed by atoms with van der Waals surface area (Å²) in [5, 5.41) is 0.665. The topological polar surface area (TPSA) is 65.5 Å². The molecule has 0 aliphatic carbocycles. The number of anilines is 2. The number of aromatic nitrogens is 3. The molecule has 2 atom stereocenters. The van der Waals surface area contributed by atoms with Crippen molar-refractivity contribution in [3.63, 3.8) is 0 Å². The van der Waals surface area contributed by atoms with E-state index in [9.17, 15) is 4.79 Å². The zero-order valence-electron chi connectivity index (χ0n) is 17.7. The first-order chi connectivity index (χ1) is 14.4. The number of aryl methyl sites for hydroxylation is 2. The van der Waals surface area contributed by atoms with E-state index in [-0.39, 0.29) is 17.9 Å². The number of fused-ring (bicyclic) bond motifs is 1. The quantitative estimate of drug-likeness (QED) is 0.750. The lowest BCUT2D eigenvalue weighted by Crippen LogP contribution is -2.39. The number of rotatable bonds is 3. The summed E-state index contributed by atoms with van der Waals surface area (Å²) in [6.45, 7) is 10.1. The van der Waals surface area contributed by atoms with Gasteiger partial charge in [-0.2, -0.15) is 0 Å². The average Bonchev–Trinajstić information content (AvgIpc) is 3.27. The van der Waals surface area contributed by atoms with E-state index in [1.165, 1.54) is 6.42 Å². The fourth-order valence-electron chi connectivity index (χ4n) is 4.76. The molecule has 0 spiro atoms. The molecule has 0 N–H and O–H groups in total. The maximum Gasteiger partial charge on any atom is 0.228 e. The Morgan fingerprint density at radius 1 is 1.17 bits per heavy atom. The first-order valence-corrected chi connectivity index (χ1v) is 11.1. The lowest BCUT2D eigenvalue weighted by Gasteiger charge is -2.34. The second kappa shape index (κ2) is 7.38. The van der Waals surface area contributed by atoms with Crippen molar-refractivity contribution in [2.45, 2.75) is 46.2 Å². The van der Waals surface area contributed by atoms with Gasteiger partial charge < -0.3 is 14.7 Å². The van der Waals surface area contributed by atoms with Gasteiger partial charge in [0.05, 0.1) is 46.8 Å². The normalized spacial score (nSPS) is 23.0. The lowest BCUT2D eigenvalue weighted by molar-refractivity contribution is -0.137. The minimum Gasteiger partial charge on any atom is -0.369 e. The van der Waals surface area contributed by atoms with Crippen molar-refractivity contribution < 1.29 is 4.79 Å². The van der Waals surface area contributed by atoms with Crippen LogP contribution in [-0.4, -0.2) is 51.9 Å². The summed E-state index contributed by atoms with van der Waals surface area (Å²) in [5.74, 6) is 2.00. The van der Waals surface area contributed by atoms with Crippen LogP contribution in [0.15, 0.2) is 12.3 Å². The highest BCUT2D eigenvalue weighted by Crippen LogP contribution is 2.40. The molecule has 2 saturated heterocycles. The largest absolute Gasteiger partial charge is 0.369 e. The van der Waals surface area contributed by atoms with Crippen LogP contribution in [0.3, 0.4) is 0 Å². The van der Waals surface area contributed by atoms with Crippen molar-refractivity contribution in [2.75, 3.05) is 36.0 Å². The number of amides is 1. The monoisotopic (exact) mass is 426 g/mol. The van der Waals surface area contributed by atoms with Gasteiger partial charge >= 0.3 is 0 Å². The maximum atomic E-state index is 13.5. The van der Waals surface area contributed by atoms with Crippen LogP contribution < -0.4 is 9.80 Å². The van der Waals surface area contributed by atoms with Gasteiger partial charge in [-0.15, -0.1) is 0 Å². The Morgan fingerprint density at radius 3 is 2.67 bits per heavy atom. The summed E-state index contributed by atoms with van der Waals surface area (Å²) >= 11 is 6.25. The van der Waals surface area contributed by atoms with Crippen molar-refractivity contribution in [1.29, 1.82) is 0 Å². The third-order valence-electron chi connectivity index (χ3n) is 6.67. The highest BCUT2D eigenvalue weighted by molar-refractivity contribution is 6.31. The van der Waals surface area contributed by atoms with Crippen LogP contribution in [0.4, 0.5) is 11.5 Å². The number of carbonyl (C=O) groups is 1. The average molecular weight is 427 g/mol. The predicted octanol–water partition coefficient (Wildman–Crippen LogP) is 3.28. The van der Waals surface area contributed by atoms with Crippen molar-refractivity contribution in [1.82, 2.24) is 19.9 Å². The molecule has 0 unspecified atom stereocenters. The molecular weight excluding hydrogens is 400 g/mol. The summed E-state index contributed by atoms with van der Waals surface area (Å²) in [5.41, 5.74) is 3.96. The van der Waals surface area contributed by atoms with E-state index >= 15 is 0 Å². The van der Waals surface area contributed by atoms with E-state index in [0.717, 1.165) is 60.3 Å². The van der Waals surface area contributed by atoms with Crippen LogP contribution >= 0.6 is 11.6 Å². The summed E-state index contributed by atoms with van der Waals surface area (Å²) in [6, 6.07) is 1.95. The highest BCUT2D eigenvalue weighted by atomic mass is 35.5. The van der Waals surface area contributed by atoms with Gasteiger partial charge in [0.2, 0.25) is 5.91 Å². The smallest absolute Gasteiger partial charge is 0.228 e. The fraction of sp³-hybridized carbons (Fsp3) is 0.545. The summed E-state index contributed by atoms with van der Waals surface area (Å²) < 4.78 is 0. The molecule has 8 heteroatoms. The van der Waals surface area contributed by atoms with Gasteiger partial charge in [0.1, 0.15) is 11.6 Å². The third kappa shape index (κ3) is 3.20. The van der Waals surface area contributed by atoms with Crippen LogP contribution in [-0.2, 0) is 11.3 Å². The summed E-state index contributed by atoms with van der Waals surface area (Å²) in [7, 11) is 0. The van der Waals surface area contributed by atoms with Crippen LogP contribution in [0.25, 0.3) is 0 Å². The van der Waals surface area contributed by atoms with E-state index in [1.54, 1.807) is 0 Å². The molecule has 2 fully saturated rings. The highest BCUT2D eigenvalue weighted by Gasteiger charge is 2.40. The molecule has 2 aromatic heterocycles. The first-order valence-electron chi connectivity index (χ1n) is 10.7. The molecule has 5 rings (SSSR count). The van der Waals surface area contributed by atoms with Gasteiger partial charge in [-0.1, -0.05) is 11.6 Å². The number of carbonyl (C=O) groups excluding carboxylic acids is 1. The molecule has 3 aliphatic rings. The van der Waals surface area contributed by atoms with Crippen LogP contribution in [0, 0.1) is 19.8 Å². The number of nitrogens with zero attached hydrogens (tertiary/aromatic N) is 6. The van der Waals surface area contributed by atoms with Gasteiger partial charge in [0.15, 0.2) is 0 Å². The molecule has 158 valence electrons.